The second kappa shape index (κ2) is 6.12. The van der Waals surface area contributed by atoms with E-state index in [1.165, 1.54) is 5.57 Å². The highest BCUT2D eigenvalue weighted by atomic mass is 19.1. The Hall–Kier alpha value is -2.82. The molecule has 2 aromatic rings. The molecule has 0 radical (unpaired) electrons. The van der Waals surface area contributed by atoms with Gasteiger partial charge in [-0.25, -0.2) is 4.39 Å². The maximum absolute atomic E-state index is 13.0. The number of hydrogen-bond donors (Lipinski definition) is 1. The molecule has 27 heavy (non-hydrogen) atoms. The third kappa shape index (κ3) is 2.45. The van der Waals surface area contributed by atoms with Crippen LogP contribution in [0.1, 0.15) is 36.8 Å². The van der Waals surface area contributed by atoms with Crippen molar-refractivity contribution in [3.63, 3.8) is 0 Å². The lowest BCUT2D eigenvalue weighted by Crippen LogP contribution is -2.45. The van der Waals surface area contributed by atoms with Crippen LogP contribution in [0.5, 0.6) is 17.2 Å². The molecule has 3 aliphatic rings. The van der Waals surface area contributed by atoms with Crippen LogP contribution in [-0.4, -0.2) is 34.7 Å². The van der Waals surface area contributed by atoms with E-state index in [4.69, 9.17) is 4.74 Å². The van der Waals surface area contributed by atoms with Crippen LogP contribution in [0.3, 0.4) is 0 Å². The van der Waals surface area contributed by atoms with E-state index in [0.717, 1.165) is 48.1 Å². The van der Waals surface area contributed by atoms with Gasteiger partial charge >= 0.3 is 0 Å². The molecular weight excluding hydrogens is 345 g/mol. The van der Waals surface area contributed by atoms with E-state index < -0.39 is 12.6 Å². The molecule has 2 atom stereocenters. The van der Waals surface area contributed by atoms with Crippen molar-refractivity contribution < 1.29 is 19.0 Å². The summed E-state index contributed by atoms with van der Waals surface area (Å²) in [5, 5.41) is 10.3. The van der Waals surface area contributed by atoms with Crippen LogP contribution in [-0.2, 0) is 4.79 Å². The van der Waals surface area contributed by atoms with E-state index >= 15 is 0 Å². The number of alkyl halides is 1. The van der Waals surface area contributed by atoms with Crippen LogP contribution in [0.25, 0.3) is 5.57 Å². The van der Waals surface area contributed by atoms with E-state index in [1.807, 2.05) is 36.4 Å². The Morgan fingerprint density at radius 2 is 1.78 bits per heavy atom. The first-order valence-corrected chi connectivity index (χ1v) is 9.36. The predicted octanol–water partition coefficient (Wildman–Crippen LogP) is 4.42. The SMILES string of the molecule is O=C(CF)N1C2CCC1CC(=C1c3ccccc3Oc3c(O)cccc31)C2. The van der Waals surface area contributed by atoms with Gasteiger partial charge in [0.15, 0.2) is 18.2 Å². The molecule has 138 valence electrons. The van der Waals surface area contributed by atoms with E-state index in [1.54, 1.807) is 11.0 Å². The van der Waals surface area contributed by atoms with Crippen molar-refractivity contribution >= 4 is 11.5 Å². The van der Waals surface area contributed by atoms with Crippen LogP contribution in [0, 0.1) is 0 Å². The van der Waals surface area contributed by atoms with Crippen LogP contribution in [0.2, 0.25) is 0 Å². The van der Waals surface area contributed by atoms with Crippen LogP contribution in [0.4, 0.5) is 4.39 Å². The molecule has 2 aromatic carbocycles. The minimum atomic E-state index is -0.924. The van der Waals surface area contributed by atoms with Gasteiger partial charge in [-0.2, -0.15) is 0 Å². The number of aromatic hydroxyl groups is 1. The van der Waals surface area contributed by atoms with E-state index in [9.17, 15) is 14.3 Å². The summed E-state index contributed by atoms with van der Waals surface area (Å²) in [6, 6.07) is 13.4. The fourth-order valence-corrected chi connectivity index (χ4v) is 4.92. The summed E-state index contributed by atoms with van der Waals surface area (Å²) in [7, 11) is 0. The number of nitrogens with zero attached hydrogens (tertiary/aromatic N) is 1. The summed E-state index contributed by atoms with van der Waals surface area (Å²) >= 11 is 0. The molecule has 2 bridgehead atoms. The van der Waals surface area contributed by atoms with Crippen molar-refractivity contribution in [3.8, 4) is 17.2 Å². The highest BCUT2D eigenvalue weighted by Crippen LogP contribution is 2.51. The van der Waals surface area contributed by atoms with Crippen molar-refractivity contribution in [3.05, 3.63) is 59.2 Å². The number of ether oxygens (including phenoxy) is 1. The molecule has 4 nitrogen and oxygen atoms in total. The molecule has 3 aliphatic heterocycles. The average Bonchev–Trinajstić information content (AvgIpc) is 2.96. The number of benzene rings is 2. The fraction of sp³-hybridized carbons (Fsp3) is 0.318. The first kappa shape index (κ1) is 16.4. The first-order chi connectivity index (χ1) is 13.2. The molecule has 2 unspecified atom stereocenters. The molecule has 0 spiro atoms. The summed E-state index contributed by atoms with van der Waals surface area (Å²) in [6.45, 7) is -0.924. The molecule has 2 saturated heterocycles. The standard InChI is InChI=1S/C22H20FNO3/c23-12-20(26)24-14-8-9-15(24)11-13(10-14)21-16-4-1-2-7-19(16)27-22-17(21)5-3-6-18(22)25/h1-7,14-15,25H,8-12H2. The molecule has 1 N–H and O–H groups in total. The van der Waals surface area contributed by atoms with Crippen molar-refractivity contribution in [1.29, 1.82) is 0 Å². The minimum absolute atomic E-state index is 0.0604. The summed E-state index contributed by atoms with van der Waals surface area (Å²) in [5.41, 5.74) is 4.24. The largest absolute Gasteiger partial charge is 0.504 e. The van der Waals surface area contributed by atoms with Gasteiger partial charge in [0.2, 0.25) is 0 Å². The molecule has 0 saturated carbocycles. The Morgan fingerprint density at radius 1 is 1.07 bits per heavy atom. The summed E-state index contributed by atoms with van der Waals surface area (Å²) in [5.74, 6) is 0.932. The zero-order valence-electron chi connectivity index (χ0n) is 14.8. The molecule has 5 rings (SSSR count). The number of hydrogen-bond acceptors (Lipinski definition) is 3. The van der Waals surface area contributed by atoms with E-state index in [-0.39, 0.29) is 17.8 Å². The molecule has 0 aliphatic carbocycles. The first-order valence-electron chi connectivity index (χ1n) is 9.36. The Labute approximate surface area is 156 Å². The third-order valence-corrected chi connectivity index (χ3v) is 5.97. The van der Waals surface area contributed by atoms with E-state index in [2.05, 4.69) is 0 Å². The maximum atomic E-state index is 13.0. The van der Waals surface area contributed by atoms with Gasteiger partial charge in [0.1, 0.15) is 5.75 Å². The highest BCUT2D eigenvalue weighted by Gasteiger charge is 2.42. The summed E-state index contributed by atoms with van der Waals surface area (Å²) < 4.78 is 19.0. The van der Waals surface area contributed by atoms with Gasteiger partial charge in [-0.05, 0) is 43.4 Å². The number of amides is 1. The van der Waals surface area contributed by atoms with Crippen LogP contribution in [0.15, 0.2) is 48.0 Å². The zero-order valence-corrected chi connectivity index (χ0v) is 14.8. The Balaban J connectivity index is 1.66. The number of piperidine rings is 1. The maximum Gasteiger partial charge on any atom is 0.254 e. The van der Waals surface area contributed by atoms with Crippen molar-refractivity contribution in [2.45, 2.75) is 37.8 Å². The lowest BCUT2D eigenvalue weighted by molar-refractivity contribution is -0.135. The van der Waals surface area contributed by atoms with Gasteiger partial charge in [0, 0.05) is 23.2 Å². The van der Waals surface area contributed by atoms with Gasteiger partial charge in [0.25, 0.3) is 5.91 Å². The van der Waals surface area contributed by atoms with E-state index in [0.29, 0.717) is 5.75 Å². The predicted molar refractivity (Wildman–Crippen MR) is 99.5 cm³/mol. The number of carbonyl (C=O) groups is 1. The number of phenols is 1. The van der Waals surface area contributed by atoms with Gasteiger partial charge in [0.05, 0.1) is 0 Å². The second-order valence-electron chi connectivity index (χ2n) is 7.46. The number of fused-ring (bicyclic) bond motifs is 4. The lowest BCUT2D eigenvalue weighted by Gasteiger charge is -2.37. The third-order valence-electron chi connectivity index (χ3n) is 5.97. The highest BCUT2D eigenvalue weighted by molar-refractivity contribution is 5.91. The van der Waals surface area contributed by atoms with Gasteiger partial charge in [-0.15, -0.1) is 0 Å². The molecule has 2 fully saturated rings. The van der Waals surface area contributed by atoms with Gasteiger partial charge < -0.3 is 14.7 Å². The molecule has 5 heteroatoms. The Morgan fingerprint density at radius 3 is 2.52 bits per heavy atom. The second-order valence-corrected chi connectivity index (χ2v) is 7.46. The minimum Gasteiger partial charge on any atom is -0.504 e. The molecule has 3 heterocycles. The monoisotopic (exact) mass is 365 g/mol. The Bertz CT molecular complexity index is 952. The number of halogens is 1. The lowest BCUT2D eigenvalue weighted by atomic mass is 9.84. The number of rotatable bonds is 1. The smallest absolute Gasteiger partial charge is 0.254 e. The van der Waals surface area contributed by atoms with Crippen molar-refractivity contribution in [2.24, 2.45) is 0 Å². The van der Waals surface area contributed by atoms with Gasteiger partial charge in [-0.3, -0.25) is 4.79 Å². The summed E-state index contributed by atoms with van der Waals surface area (Å²) in [4.78, 5) is 13.8. The molecule has 0 aromatic heterocycles. The average molecular weight is 365 g/mol. The van der Waals surface area contributed by atoms with Gasteiger partial charge in [-0.1, -0.05) is 35.9 Å². The zero-order chi connectivity index (χ0) is 18.5. The molecule has 1 amide bonds. The normalized spacial score (nSPS) is 22.9. The quantitative estimate of drug-likeness (QED) is 0.694. The fourth-order valence-electron chi connectivity index (χ4n) is 4.92. The number of carbonyl (C=O) groups excluding carboxylic acids is 1. The van der Waals surface area contributed by atoms with Crippen molar-refractivity contribution in [1.82, 2.24) is 4.90 Å². The van der Waals surface area contributed by atoms with Crippen molar-refractivity contribution in [2.75, 3.05) is 6.67 Å². The number of para-hydroxylation sites is 2. The summed E-state index contributed by atoms with van der Waals surface area (Å²) in [6.07, 6.45) is 3.30. The van der Waals surface area contributed by atoms with Crippen LogP contribution < -0.4 is 4.74 Å². The van der Waals surface area contributed by atoms with Crippen LogP contribution >= 0.6 is 0 Å². The Kier molecular flexibility index (Phi) is 3.71. The molecular formula is C22H20FNO3. The topological polar surface area (TPSA) is 49.8 Å². The number of phenolic OH excluding ortho intramolecular Hbond substituents is 1.